The molecule has 0 aliphatic carbocycles. The maximum atomic E-state index is 6.07. The molecule has 0 aromatic rings. The van der Waals surface area contributed by atoms with Crippen molar-refractivity contribution in [3.05, 3.63) is 11.6 Å². The molecule has 114 valence electrons. The van der Waals surface area contributed by atoms with Crippen LogP contribution in [0.3, 0.4) is 0 Å². The van der Waals surface area contributed by atoms with Crippen LogP contribution in [0.2, 0.25) is 0 Å². The quantitative estimate of drug-likeness (QED) is 0.804. The predicted molar refractivity (Wildman–Crippen MR) is 85.7 cm³/mol. The second-order valence-corrected chi connectivity index (χ2v) is 7.41. The van der Waals surface area contributed by atoms with Crippen LogP contribution in [0.5, 0.6) is 0 Å². The Morgan fingerprint density at radius 2 is 2.30 bits per heavy atom. The third-order valence-corrected chi connectivity index (χ3v) is 5.75. The number of hydrogen-bond donors (Lipinski definition) is 1. The summed E-state index contributed by atoms with van der Waals surface area (Å²) in [5.74, 6) is 2.63. The molecule has 3 heterocycles. The Morgan fingerprint density at radius 1 is 1.30 bits per heavy atom. The molecule has 3 nitrogen and oxygen atoms in total. The van der Waals surface area contributed by atoms with E-state index in [1.165, 1.54) is 63.0 Å². The number of piperidine rings is 1. The normalized spacial score (nSPS) is 32.3. The van der Waals surface area contributed by atoms with Crippen molar-refractivity contribution in [1.29, 1.82) is 0 Å². The highest BCUT2D eigenvalue weighted by atomic mass is 32.2. The van der Waals surface area contributed by atoms with Gasteiger partial charge in [0.15, 0.2) is 0 Å². The number of hydrazine groups is 1. The van der Waals surface area contributed by atoms with Gasteiger partial charge in [0.25, 0.3) is 0 Å². The van der Waals surface area contributed by atoms with Gasteiger partial charge in [-0.25, -0.2) is 10.4 Å². The van der Waals surface area contributed by atoms with Crippen LogP contribution in [0.1, 0.15) is 51.4 Å². The fourth-order valence-electron chi connectivity index (χ4n) is 3.52. The van der Waals surface area contributed by atoms with Crippen molar-refractivity contribution < 1.29 is 4.74 Å². The second-order valence-electron chi connectivity index (χ2n) is 6.18. The monoisotopic (exact) mass is 296 g/mol. The summed E-state index contributed by atoms with van der Waals surface area (Å²) in [6.45, 7) is 2.09. The van der Waals surface area contributed by atoms with Crippen molar-refractivity contribution in [2.45, 2.75) is 63.6 Å². The number of allylic oxidation sites excluding steroid dienone is 1. The van der Waals surface area contributed by atoms with Crippen LogP contribution in [0.4, 0.5) is 0 Å². The SMILES string of the molecule is C1=C(CCOC2CC3CCCCN3N2)CCCSCC1. The van der Waals surface area contributed by atoms with Gasteiger partial charge in [0, 0.05) is 19.0 Å². The Morgan fingerprint density at radius 3 is 3.25 bits per heavy atom. The lowest BCUT2D eigenvalue weighted by molar-refractivity contribution is 0.0162. The molecule has 20 heavy (non-hydrogen) atoms. The number of ether oxygens (including phenoxy) is 1. The molecule has 3 aliphatic heterocycles. The number of hydrogen-bond acceptors (Lipinski definition) is 4. The van der Waals surface area contributed by atoms with Gasteiger partial charge >= 0.3 is 0 Å². The van der Waals surface area contributed by atoms with Crippen molar-refractivity contribution in [3.63, 3.8) is 0 Å². The fraction of sp³-hybridized carbons (Fsp3) is 0.875. The summed E-state index contributed by atoms with van der Waals surface area (Å²) in [4.78, 5) is 0. The third kappa shape index (κ3) is 4.23. The molecule has 0 amide bonds. The van der Waals surface area contributed by atoms with Crippen LogP contribution < -0.4 is 5.43 Å². The molecule has 3 aliphatic rings. The van der Waals surface area contributed by atoms with E-state index in [0.717, 1.165) is 19.1 Å². The summed E-state index contributed by atoms with van der Waals surface area (Å²) in [5.41, 5.74) is 5.17. The number of rotatable bonds is 4. The van der Waals surface area contributed by atoms with Crippen LogP contribution in [-0.2, 0) is 4.74 Å². The summed E-state index contributed by atoms with van der Waals surface area (Å²) in [6.07, 6.45) is 13.0. The van der Waals surface area contributed by atoms with Gasteiger partial charge in [-0.3, -0.25) is 0 Å². The maximum absolute atomic E-state index is 6.07. The average molecular weight is 296 g/mol. The lowest BCUT2D eigenvalue weighted by Gasteiger charge is -2.28. The van der Waals surface area contributed by atoms with Crippen molar-refractivity contribution in [2.75, 3.05) is 24.7 Å². The molecule has 0 spiro atoms. The van der Waals surface area contributed by atoms with Crippen molar-refractivity contribution in [3.8, 4) is 0 Å². The largest absolute Gasteiger partial charge is 0.362 e. The highest BCUT2D eigenvalue weighted by molar-refractivity contribution is 7.99. The Bertz CT molecular complexity index is 320. The Balaban J connectivity index is 1.37. The molecular weight excluding hydrogens is 268 g/mol. The lowest BCUT2D eigenvalue weighted by Crippen LogP contribution is -2.42. The highest BCUT2D eigenvalue weighted by Crippen LogP contribution is 2.25. The molecule has 0 bridgehead atoms. The number of fused-ring (bicyclic) bond motifs is 1. The smallest absolute Gasteiger partial charge is 0.122 e. The van der Waals surface area contributed by atoms with E-state index in [9.17, 15) is 0 Å². The van der Waals surface area contributed by atoms with E-state index in [4.69, 9.17) is 4.74 Å². The molecular formula is C16H28N2OS. The van der Waals surface area contributed by atoms with Gasteiger partial charge < -0.3 is 4.74 Å². The van der Waals surface area contributed by atoms with E-state index in [0.29, 0.717) is 0 Å². The minimum absolute atomic E-state index is 0.266. The van der Waals surface area contributed by atoms with E-state index in [-0.39, 0.29) is 6.23 Å². The van der Waals surface area contributed by atoms with Gasteiger partial charge in [-0.05, 0) is 50.0 Å². The third-order valence-electron chi connectivity index (χ3n) is 4.65. The molecule has 0 radical (unpaired) electrons. The first-order valence-corrected chi connectivity index (χ1v) is 9.47. The lowest BCUT2D eigenvalue weighted by atomic mass is 10.0. The number of thioether (sulfide) groups is 1. The molecule has 0 aromatic heterocycles. The molecule has 2 atom stereocenters. The molecule has 2 saturated heterocycles. The van der Waals surface area contributed by atoms with Crippen molar-refractivity contribution in [2.24, 2.45) is 0 Å². The summed E-state index contributed by atoms with van der Waals surface area (Å²) in [5, 5.41) is 2.42. The summed E-state index contributed by atoms with van der Waals surface area (Å²) in [6, 6.07) is 0.728. The highest BCUT2D eigenvalue weighted by Gasteiger charge is 2.33. The topological polar surface area (TPSA) is 24.5 Å². The van der Waals surface area contributed by atoms with Crippen LogP contribution in [0, 0.1) is 0 Å². The summed E-state index contributed by atoms with van der Waals surface area (Å²) >= 11 is 2.10. The number of nitrogens with zero attached hydrogens (tertiary/aromatic N) is 1. The summed E-state index contributed by atoms with van der Waals surface area (Å²) < 4.78 is 6.07. The fourth-order valence-corrected chi connectivity index (χ4v) is 4.35. The first kappa shape index (κ1) is 14.9. The number of nitrogens with one attached hydrogen (secondary N) is 1. The van der Waals surface area contributed by atoms with E-state index in [1.807, 2.05) is 0 Å². The first-order chi connectivity index (χ1) is 9.92. The molecule has 3 rings (SSSR count). The van der Waals surface area contributed by atoms with Crippen LogP contribution >= 0.6 is 11.8 Å². The first-order valence-electron chi connectivity index (χ1n) is 8.32. The average Bonchev–Trinajstić information content (AvgIpc) is 2.83. The molecule has 0 saturated carbocycles. The molecule has 4 heteroatoms. The van der Waals surface area contributed by atoms with E-state index >= 15 is 0 Å². The molecule has 0 aromatic carbocycles. The standard InChI is InChI=1S/C16H28N2OS/c1-2-9-18-15(7-1)13-16(17-18)19-10-8-14-5-3-11-20-12-4-6-14/h5,15-17H,1-4,6-13H2. The van der Waals surface area contributed by atoms with Gasteiger partial charge in [0.2, 0.25) is 0 Å². The Kier molecular flexibility index (Phi) is 5.83. The summed E-state index contributed by atoms with van der Waals surface area (Å²) in [7, 11) is 0. The van der Waals surface area contributed by atoms with E-state index in [2.05, 4.69) is 28.3 Å². The van der Waals surface area contributed by atoms with Gasteiger partial charge in [-0.1, -0.05) is 18.1 Å². The van der Waals surface area contributed by atoms with Gasteiger partial charge in [-0.15, -0.1) is 0 Å². The minimum Gasteiger partial charge on any atom is -0.362 e. The molecule has 2 fully saturated rings. The molecule has 2 unspecified atom stereocenters. The van der Waals surface area contributed by atoms with Gasteiger partial charge in [0.05, 0.1) is 6.61 Å². The molecule has 1 N–H and O–H groups in total. The van der Waals surface area contributed by atoms with Gasteiger partial charge in [0.1, 0.15) is 6.23 Å². The zero-order valence-electron chi connectivity index (χ0n) is 12.5. The van der Waals surface area contributed by atoms with Crippen LogP contribution in [-0.4, -0.2) is 41.9 Å². The van der Waals surface area contributed by atoms with Gasteiger partial charge in [-0.2, -0.15) is 11.8 Å². The Hall–Kier alpha value is -0.0300. The maximum Gasteiger partial charge on any atom is 0.122 e. The van der Waals surface area contributed by atoms with Crippen LogP contribution in [0.25, 0.3) is 0 Å². The zero-order valence-corrected chi connectivity index (χ0v) is 13.3. The minimum atomic E-state index is 0.266. The van der Waals surface area contributed by atoms with E-state index in [1.54, 1.807) is 5.57 Å². The zero-order chi connectivity index (χ0) is 13.6. The van der Waals surface area contributed by atoms with Crippen molar-refractivity contribution >= 4 is 11.8 Å². The van der Waals surface area contributed by atoms with Crippen molar-refractivity contribution in [1.82, 2.24) is 10.4 Å². The van der Waals surface area contributed by atoms with E-state index < -0.39 is 0 Å². The predicted octanol–water partition coefficient (Wildman–Crippen LogP) is 3.33. The Labute approximate surface area is 127 Å². The second kappa shape index (κ2) is 7.83. The van der Waals surface area contributed by atoms with Crippen LogP contribution in [0.15, 0.2) is 11.6 Å².